The van der Waals surface area contributed by atoms with E-state index in [0.29, 0.717) is 6.42 Å². The molecule has 1 aromatic carbocycles. The van der Waals surface area contributed by atoms with Crippen molar-refractivity contribution in [3.63, 3.8) is 0 Å². The van der Waals surface area contributed by atoms with Gasteiger partial charge in [0.2, 0.25) is 5.91 Å². The molecular formula is C22H36BNO3. The standard InChI is InChI=1S/C22H36BNO3/c1-7-8-9-10-14-22(6,19(24)25)16-17-12-11-13-18(15-17)23-26-20(2,3)21(4,5)27-23/h11-13,15H,7-10,14,16H2,1-6H3,(H2,24,25). The number of carbonyl (C=O) groups excluding carboxylic acids is 1. The molecule has 1 saturated heterocycles. The molecule has 1 amide bonds. The molecule has 2 N–H and O–H groups in total. The molecule has 0 saturated carbocycles. The minimum absolute atomic E-state index is 0.222. The second-order valence-electron chi connectivity index (χ2n) is 9.25. The summed E-state index contributed by atoms with van der Waals surface area (Å²) in [7, 11) is -0.390. The summed E-state index contributed by atoms with van der Waals surface area (Å²) in [5.74, 6) is -0.222. The van der Waals surface area contributed by atoms with E-state index in [1.165, 1.54) is 12.8 Å². The van der Waals surface area contributed by atoms with E-state index in [1.54, 1.807) is 0 Å². The second-order valence-corrected chi connectivity index (χ2v) is 9.25. The van der Waals surface area contributed by atoms with Crippen LogP contribution >= 0.6 is 0 Å². The van der Waals surface area contributed by atoms with Crippen molar-refractivity contribution in [3.8, 4) is 0 Å². The summed E-state index contributed by atoms with van der Waals surface area (Å²) >= 11 is 0. The molecule has 1 aliphatic heterocycles. The highest BCUT2D eigenvalue weighted by Gasteiger charge is 2.51. The van der Waals surface area contributed by atoms with Crippen LogP contribution in [0, 0.1) is 5.41 Å². The maximum atomic E-state index is 12.2. The average molecular weight is 373 g/mol. The first-order valence-corrected chi connectivity index (χ1v) is 10.3. The Hall–Kier alpha value is -1.33. The van der Waals surface area contributed by atoms with Crippen LogP contribution in [0.4, 0.5) is 0 Å². The number of rotatable bonds is 9. The molecule has 0 spiro atoms. The van der Waals surface area contributed by atoms with Gasteiger partial charge in [-0.1, -0.05) is 63.8 Å². The van der Waals surface area contributed by atoms with Gasteiger partial charge in [0.05, 0.1) is 16.6 Å². The van der Waals surface area contributed by atoms with Crippen molar-refractivity contribution in [2.45, 2.75) is 91.3 Å². The monoisotopic (exact) mass is 373 g/mol. The van der Waals surface area contributed by atoms with Crippen LogP contribution < -0.4 is 11.2 Å². The van der Waals surface area contributed by atoms with Crippen molar-refractivity contribution in [2.24, 2.45) is 11.1 Å². The maximum absolute atomic E-state index is 12.2. The lowest BCUT2D eigenvalue weighted by molar-refractivity contribution is -0.127. The number of benzene rings is 1. The molecule has 1 aliphatic rings. The summed E-state index contributed by atoms with van der Waals surface area (Å²) in [6.45, 7) is 12.4. The minimum Gasteiger partial charge on any atom is -0.399 e. The summed E-state index contributed by atoms with van der Waals surface area (Å²) in [5.41, 5.74) is 6.60. The average Bonchev–Trinajstić information content (AvgIpc) is 2.80. The van der Waals surface area contributed by atoms with Gasteiger partial charge in [-0.05, 0) is 51.6 Å². The van der Waals surface area contributed by atoms with Crippen LogP contribution in [-0.2, 0) is 20.5 Å². The number of carbonyl (C=O) groups is 1. The van der Waals surface area contributed by atoms with E-state index in [2.05, 4.69) is 46.8 Å². The molecule has 0 aromatic heterocycles. The fourth-order valence-corrected chi connectivity index (χ4v) is 3.52. The molecule has 2 rings (SSSR count). The normalized spacial score (nSPS) is 20.4. The predicted octanol–water partition coefficient (Wildman–Crippen LogP) is 3.99. The molecule has 0 aliphatic carbocycles. The van der Waals surface area contributed by atoms with Crippen molar-refractivity contribution >= 4 is 18.5 Å². The molecule has 150 valence electrons. The van der Waals surface area contributed by atoms with E-state index in [4.69, 9.17) is 15.0 Å². The zero-order valence-corrected chi connectivity index (χ0v) is 17.9. The van der Waals surface area contributed by atoms with Gasteiger partial charge in [0.15, 0.2) is 0 Å². The molecular weight excluding hydrogens is 337 g/mol. The number of hydrogen-bond acceptors (Lipinski definition) is 3. The molecule has 1 aromatic rings. The van der Waals surface area contributed by atoms with E-state index in [1.807, 2.05) is 19.1 Å². The van der Waals surface area contributed by atoms with Crippen LogP contribution in [-0.4, -0.2) is 24.2 Å². The first-order chi connectivity index (χ1) is 12.5. The maximum Gasteiger partial charge on any atom is 0.494 e. The number of amides is 1. The Morgan fingerprint density at radius 2 is 1.74 bits per heavy atom. The van der Waals surface area contributed by atoms with Gasteiger partial charge in [0.1, 0.15) is 0 Å². The topological polar surface area (TPSA) is 61.6 Å². The first kappa shape index (κ1) is 22.0. The third-order valence-electron chi connectivity index (χ3n) is 6.25. The zero-order valence-electron chi connectivity index (χ0n) is 17.9. The van der Waals surface area contributed by atoms with Crippen molar-refractivity contribution in [1.82, 2.24) is 0 Å². The van der Waals surface area contributed by atoms with Crippen molar-refractivity contribution in [2.75, 3.05) is 0 Å². The van der Waals surface area contributed by atoms with Crippen LogP contribution in [0.5, 0.6) is 0 Å². The smallest absolute Gasteiger partial charge is 0.399 e. The van der Waals surface area contributed by atoms with Crippen LogP contribution in [0.1, 0.15) is 79.2 Å². The Morgan fingerprint density at radius 1 is 1.11 bits per heavy atom. The Balaban J connectivity index is 2.13. The van der Waals surface area contributed by atoms with E-state index in [-0.39, 0.29) is 24.2 Å². The number of unbranched alkanes of at least 4 members (excludes halogenated alkanes) is 3. The first-order valence-electron chi connectivity index (χ1n) is 10.3. The van der Waals surface area contributed by atoms with Crippen LogP contribution in [0.2, 0.25) is 0 Å². The van der Waals surface area contributed by atoms with Crippen LogP contribution in [0.15, 0.2) is 24.3 Å². The highest BCUT2D eigenvalue weighted by molar-refractivity contribution is 6.62. The summed E-state index contributed by atoms with van der Waals surface area (Å²) in [6.07, 6.45) is 6.03. The summed E-state index contributed by atoms with van der Waals surface area (Å²) in [4.78, 5) is 12.2. The molecule has 1 heterocycles. The zero-order chi connectivity index (χ0) is 20.3. The summed E-state index contributed by atoms with van der Waals surface area (Å²) < 4.78 is 12.3. The van der Waals surface area contributed by atoms with E-state index in [0.717, 1.165) is 30.3 Å². The van der Waals surface area contributed by atoms with Gasteiger partial charge in [-0.25, -0.2) is 0 Å². The highest BCUT2D eigenvalue weighted by atomic mass is 16.7. The Morgan fingerprint density at radius 3 is 2.30 bits per heavy atom. The molecule has 27 heavy (non-hydrogen) atoms. The summed E-state index contributed by atoms with van der Waals surface area (Å²) in [5, 5.41) is 0. The predicted molar refractivity (Wildman–Crippen MR) is 112 cm³/mol. The van der Waals surface area contributed by atoms with Crippen LogP contribution in [0.25, 0.3) is 0 Å². The van der Waals surface area contributed by atoms with Gasteiger partial charge in [-0.2, -0.15) is 0 Å². The van der Waals surface area contributed by atoms with Gasteiger partial charge in [-0.3, -0.25) is 4.79 Å². The summed E-state index contributed by atoms with van der Waals surface area (Å²) in [6, 6.07) is 8.18. The van der Waals surface area contributed by atoms with Gasteiger partial charge >= 0.3 is 7.12 Å². The molecule has 1 fully saturated rings. The van der Waals surface area contributed by atoms with E-state index < -0.39 is 5.41 Å². The molecule has 1 atom stereocenters. The van der Waals surface area contributed by atoms with E-state index in [9.17, 15) is 4.79 Å². The second kappa shape index (κ2) is 8.36. The lowest BCUT2D eigenvalue weighted by Gasteiger charge is -2.32. The quantitative estimate of drug-likeness (QED) is 0.526. The third kappa shape index (κ3) is 5.14. The lowest BCUT2D eigenvalue weighted by atomic mass is 9.75. The van der Waals surface area contributed by atoms with Gasteiger partial charge in [-0.15, -0.1) is 0 Å². The number of primary amides is 1. The van der Waals surface area contributed by atoms with Crippen molar-refractivity contribution in [1.29, 1.82) is 0 Å². The highest BCUT2D eigenvalue weighted by Crippen LogP contribution is 2.36. The van der Waals surface area contributed by atoms with Crippen molar-refractivity contribution in [3.05, 3.63) is 29.8 Å². The van der Waals surface area contributed by atoms with Crippen molar-refractivity contribution < 1.29 is 14.1 Å². The van der Waals surface area contributed by atoms with Crippen LogP contribution in [0.3, 0.4) is 0 Å². The van der Waals surface area contributed by atoms with Gasteiger partial charge < -0.3 is 15.0 Å². The molecule has 0 bridgehead atoms. The third-order valence-corrected chi connectivity index (χ3v) is 6.25. The SMILES string of the molecule is CCCCCCC(C)(Cc1cccc(B2OC(C)(C)C(C)(C)O2)c1)C(N)=O. The fraction of sp³-hybridized carbons (Fsp3) is 0.682. The number of nitrogens with two attached hydrogens (primary N) is 1. The molecule has 4 nitrogen and oxygen atoms in total. The Kier molecular flexibility index (Phi) is 6.80. The largest absolute Gasteiger partial charge is 0.494 e. The minimum atomic E-state index is -0.525. The lowest BCUT2D eigenvalue weighted by Crippen LogP contribution is -2.41. The van der Waals surface area contributed by atoms with Gasteiger partial charge in [0, 0.05) is 0 Å². The molecule has 5 heteroatoms. The molecule has 0 radical (unpaired) electrons. The number of hydrogen-bond donors (Lipinski definition) is 1. The fourth-order valence-electron chi connectivity index (χ4n) is 3.52. The van der Waals surface area contributed by atoms with E-state index >= 15 is 0 Å². The molecule has 1 unspecified atom stereocenters. The Bertz CT molecular complexity index is 643. The Labute approximate surface area is 165 Å². The van der Waals surface area contributed by atoms with Gasteiger partial charge in [0.25, 0.3) is 0 Å².